The van der Waals surface area contributed by atoms with Gasteiger partial charge in [0.2, 0.25) is 5.91 Å². The minimum atomic E-state index is -0.800. The smallest absolute Gasteiger partial charge is 0.434 e. The molecule has 164 valence electrons. The van der Waals surface area contributed by atoms with Gasteiger partial charge in [0.15, 0.2) is 0 Å². The zero-order valence-corrected chi connectivity index (χ0v) is 18.4. The van der Waals surface area contributed by atoms with Gasteiger partial charge in [-0.05, 0) is 61.7 Å². The monoisotopic (exact) mass is 424 g/mol. The molecule has 0 fully saturated rings. The summed E-state index contributed by atoms with van der Waals surface area (Å²) in [6.07, 6.45) is 0.775. The first-order chi connectivity index (χ1) is 14.6. The van der Waals surface area contributed by atoms with Gasteiger partial charge in [-0.3, -0.25) is 9.59 Å². The van der Waals surface area contributed by atoms with Crippen molar-refractivity contribution in [2.45, 2.75) is 34.6 Å². The minimum Gasteiger partial charge on any atom is -0.434 e. The Balaban J connectivity index is 2.01. The normalized spacial score (nSPS) is 11.5. The van der Waals surface area contributed by atoms with Gasteiger partial charge in [-0.1, -0.05) is 32.4 Å². The quantitative estimate of drug-likeness (QED) is 0.368. The summed E-state index contributed by atoms with van der Waals surface area (Å²) in [5.41, 5.74) is 2.36. The lowest BCUT2D eigenvalue weighted by Crippen LogP contribution is -2.14. The molecule has 0 radical (unpaired) electrons. The highest BCUT2D eigenvalue weighted by Gasteiger charge is 2.14. The predicted molar refractivity (Wildman–Crippen MR) is 120 cm³/mol. The number of anilines is 2. The lowest BCUT2D eigenvalue weighted by molar-refractivity contribution is -0.112. The molecule has 2 amide bonds. The fraction of sp³-hybridized carbons (Fsp3) is 0.292. The Morgan fingerprint density at radius 2 is 1.58 bits per heavy atom. The number of benzene rings is 2. The second-order valence-electron chi connectivity index (χ2n) is 7.91. The van der Waals surface area contributed by atoms with Gasteiger partial charge in [-0.25, -0.2) is 4.79 Å². The molecule has 7 nitrogen and oxygen atoms in total. The molecule has 0 aliphatic rings. The predicted octanol–water partition coefficient (Wildman–Crippen LogP) is 5.41. The number of carbonyl (C=O) groups excluding carboxylic acids is 3. The highest BCUT2D eigenvalue weighted by Crippen LogP contribution is 2.24. The lowest BCUT2D eigenvalue weighted by Gasteiger charge is -2.19. The SMILES string of the molecule is CCOC(=O)Oc1ccc(C(=O)Nc2cccc(NC(=O)/C=C(\C)C(C)(C)C)c2)cc1. The summed E-state index contributed by atoms with van der Waals surface area (Å²) < 4.78 is 9.68. The van der Waals surface area contributed by atoms with E-state index in [2.05, 4.69) is 10.6 Å². The second-order valence-corrected chi connectivity index (χ2v) is 7.91. The summed E-state index contributed by atoms with van der Waals surface area (Å²) >= 11 is 0. The van der Waals surface area contributed by atoms with Gasteiger partial charge in [-0.2, -0.15) is 0 Å². The van der Waals surface area contributed by atoms with Gasteiger partial charge in [0.25, 0.3) is 5.91 Å². The Bertz CT molecular complexity index is 972. The standard InChI is InChI=1S/C24H28N2O5/c1-6-30-23(29)31-20-12-10-17(11-13-20)22(28)26-19-9-7-8-18(15-19)25-21(27)14-16(2)24(3,4)5/h7-15H,6H2,1-5H3,(H,25,27)(H,26,28)/b16-14+. The van der Waals surface area contributed by atoms with Crippen LogP contribution in [0, 0.1) is 5.41 Å². The van der Waals surface area contributed by atoms with Crippen LogP contribution in [0.15, 0.2) is 60.2 Å². The van der Waals surface area contributed by atoms with Gasteiger partial charge in [0.1, 0.15) is 5.75 Å². The Morgan fingerprint density at radius 3 is 2.16 bits per heavy atom. The number of carbonyl (C=O) groups is 3. The van der Waals surface area contributed by atoms with E-state index in [9.17, 15) is 14.4 Å². The van der Waals surface area contributed by atoms with Crippen LogP contribution >= 0.6 is 0 Å². The number of hydrogen-bond donors (Lipinski definition) is 2. The first kappa shape index (κ1) is 23.7. The van der Waals surface area contributed by atoms with Gasteiger partial charge >= 0.3 is 6.16 Å². The van der Waals surface area contributed by atoms with Crippen molar-refractivity contribution in [2.75, 3.05) is 17.2 Å². The van der Waals surface area contributed by atoms with E-state index < -0.39 is 6.16 Å². The highest BCUT2D eigenvalue weighted by atomic mass is 16.7. The molecule has 2 N–H and O–H groups in total. The molecule has 7 heteroatoms. The Kier molecular flexibility index (Phi) is 7.96. The third kappa shape index (κ3) is 7.62. The molecule has 0 aromatic heterocycles. The minimum absolute atomic E-state index is 0.0932. The molecule has 2 aromatic carbocycles. The molecule has 0 unspecified atom stereocenters. The second kappa shape index (κ2) is 10.4. The van der Waals surface area contributed by atoms with Crippen LogP contribution in [0.3, 0.4) is 0 Å². The van der Waals surface area contributed by atoms with Crippen molar-refractivity contribution in [3.05, 3.63) is 65.7 Å². The molecule has 0 saturated heterocycles. The summed E-state index contributed by atoms with van der Waals surface area (Å²) in [5.74, 6) is -0.291. The van der Waals surface area contributed by atoms with Crippen molar-refractivity contribution in [1.82, 2.24) is 0 Å². The topological polar surface area (TPSA) is 93.7 Å². The van der Waals surface area contributed by atoms with Crippen LogP contribution in [0.2, 0.25) is 0 Å². The number of allylic oxidation sites excluding steroid dienone is 1. The largest absolute Gasteiger partial charge is 0.513 e. The van der Waals surface area contributed by atoms with Crippen LogP contribution in [-0.4, -0.2) is 24.6 Å². The highest BCUT2D eigenvalue weighted by molar-refractivity contribution is 6.05. The third-order valence-corrected chi connectivity index (χ3v) is 4.50. The van der Waals surface area contributed by atoms with Crippen LogP contribution in [-0.2, 0) is 9.53 Å². The molecular weight excluding hydrogens is 396 g/mol. The van der Waals surface area contributed by atoms with E-state index in [0.29, 0.717) is 16.9 Å². The summed E-state index contributed by atoms with van der Waals surface area (Å²) in [7, 11) is 0. The number of ether oxygens (including phenoxy) is 2. The summed E-state index contributed by atoms with van der Waals surface area (Å²) in [5, 5.41) is 5.59. The maximum absolute atomic E-state index is 12.5. The van der Waals surface area contributed by atoms with E-state index in [1.165, 1.54) is 24.3 Å². The Hall–Kier alpha value is -3.61. The zero-order chi connectivity index (χ0) is 23.0. The maximum atomic E-state index is 12.5. The summed E-state index contributed by atoms with van der Waals surface area (Å²) in [6.45, 7) is 9.93. The van der Waals surface area contributed by atoms with Crippen molar-refractivity contribution >= 4 is 29.3 Å². The average Bonchev–Trinajstić information content (AvgIpc) is 2.68. The van der Waals surface area contributed by atoms with Crippen LogP contribution in [0.1, 0.15) is 45.0 Å². The van der Waals surface area contributed by atoms with Gasteiger partial charge in [0.05, 0.1) is 6.61 Å². The Labute approximate surface area is 182 Å². The molecule has 0 heterocycles. The fourth-order valence-electron chi connectivity index (χ4n) is 2.39. The molecule has 2 aromatic rings. The molecule has 0 bridgehead atoms. The molecule has 0 saturated carbocycles. The van der Waals surface area contributed by atoms with E-state index in [0.717, 1.165) is 5.57 Å². The van der Waals surface area contributed by atoms with Crippen molar-refractivity contribution in [3.8, 4) is 5.75 Å². The van der Waals surface area contributed by atoms with E-state index >= 15 is 0 Å². The van der Waals surface area contributed by atoms with Crippen LogP contribution < -0.4 is 15.4 Å². The zero-order valence-electron chi connectivity index (χ0n) is 18.4. The summed E-state index contributed by atoms with van der Waals surface area (Å²) in [4.78, 5) is 36.1. The maximum Gasteiger partial charge on any atom is 0.513 e. The fourth-order valence-corrected chi connectivity index (χ4v) is 2.39. The lowest BCUT2D eigenvalue weighted by atomic mass is 9.87. The molecule has 2 rings (SSSR count). The van der Waals surface area contributed by atoms with Gasteiger partial charge in [0, 0.05) is 23.0 Å². The van der Waals surface area contributed by atoms with E-state index in [-0.39, 0.29) is 29.6 Å². The molecular formula is C24H28N2O5. The van der Waals surface area contributed by atoms with Crippen LogP contribution in [0.4, 0.5) is 16.2 Å². The number of hydrogen-bond acceptors (Lipinski definition) is 5. The molecule has 0 aliphatic carbocycles. The summed E-state index contributed by atoms with van der Waals surface area (Å²) in [6, 6.07) is 13.0. The molecule has 31 heavy (non-hydrogen) atoms. The number of amides is 2. The van der Waals surface area contributed by atoms with Crippen molar-refractivity contribution in [1.29, 1.82) is 0 Å². The van der Waals surface area contributed by atoms with Crippen molar-refractivity contribution in [3.63, 3.8) is 0 Å². The van der Waals surface area contributed by atoms with E-state index in [1.54, 1.807) is 37.3 Å². The van der Waals surface area contributed by atoms with Crippen molar-refractivity contribution in [2.24, 2.45) is 5.41 Å². The van der Waals surface area contributed by atoms with Crippen LogP contribution in [0.25, 0.3) is 0 Å². The van der Waals surface area contributed by atoms with Crippen molar-refractivity contribution < 1.29 is 23.9 Å². The number of nitrogens with one attached hydrogen (secondary N) is 2. The van der Waals surface area contributed by atoms with E-state index in [4.69, 9.17) is 9.47 Å². The van der Waals surface area contributed by atoms with Gasteiger partial charge in [-0.15, -0.1) is 0 Å². The van der Waals surface area contributed by atoms with Gasteiger partial charge < -0.3 is 20.1 Å². The Morgan fingerprint density at radius 1 is 0.968 bits per heavy atom. The number of rotatable bonds is 6. The molecule has 0 atom stereocenters. The average molecular weight is 424 g/mol. The first-order valence-corrected chi connectivity index (χ1v) is 9.94. The molecule has 0 spiro atoms. The first-order valence-electron chi connectivity index (χ1n) is 9.94. The van der Waals surface area contributed by atoms with E-state index in [1.807, 2.05) is 27.7 Å². The molecule has 0 aliphatic heterocycles. The van der Waals surface area contributed by atoms with Crippen LogP contribution in [0.5, 0.6) is 5.75 Å². The third-order valence-electron chi connectivity index (χ3n) is 4.50.